The Morgan fingerprint density at radius 1 is 1.47 bits per heavy atom. The van der Waals surface area contributed by atoms with Crippen molar-refractivity contribution in [1.29, 1.82) is 0 Å². The van der Waals surface area contributed by atoms with Gasteiger partial charge in [-0.2, -0.15) is 0 Å². The summed E-state index contributed by atoms with van der Waals surface area (Å²) in [7, 11) is 0. The van der Waals surface area contributed by atoms with E-state index in [2.05, 4.69) is 4.98 Å². The predicted molar refractivity (Wildman–Crippen MR) is 73.4 cm³/mol. The van der Waals surface area contributed by atoms with E-state index in [1.54, 1.807) is 12.3 Å². The summed E-state index contributed by atoms with van der Waals surface area (Å²) in [5.74, 6) is 0.280. The molecule has 7 heteroatoms. The third-order valence-corrected chi connectivity index (χ3v) is 3.25. The summed E-state index contributed by atoms with van der Waals surface area (Å²) in [6.45, 7) is 3.76. The Balaban J connectivity index is 2.26. The highest BCUT2D eigenvalue weighted by molar-refractivity contribution is 7.13. The van der Waals surface area contributed by atoms with Gasteiger partial charge in [-0.3, -0.25) is 10.1 Å². The predicted octanol–water partition coefficient (Wildman–Crippen LogP) is 2.83. The van der Waals surface area contributed by atoms with Gasteiger partial charge >= 0.3 is 5.69 Å². The van der Waals surface area contributed by atoms with Crippen LogP contribution in [0.2, 0.25) is 0 Å². The Bertz CT molecular complexity index is 625. The summed E-state index contributed by atoms with van der Waals surface area (Å²) in [5.41, 5.74) is 7.72. The number of ether oxygens (including phenoxy) is 1. The smallest absolute Gasteiger partial charge is 0.311 e. The largest absolute Gasteiger partial charge is 0.480 e. The third-order valence-electron chi connectivity index (χ3n) is 2.53. The fraction of sp³-hybridized carbons (Fsp3) is 0.250. The highest BCUT2D eigenvalue weighted by Crippen LogP contribution is 2.32. The lowest BCUT2D eigenvalue weighted by atomic mass is 10.1. The molecule has 2 rings (SSSR count). The zero-order valence-electron chi connectivity index (χ0n) is 10.5. The van der Waals surface area contributed by atoms with Gasteiger partial charge in [-0.25, -0.2) is 4.98 Å². The Labute approximate surface area is 114 Å². The molecular weight excluding hydrogens is 266 g/mol. The molecule has 0 spiro atoms. The van der Waals surface area contributed by atoms with E-state index in [1.807, 2.05) is 13.0 Å². The normalized spacial score (nSPS) is 10.4. The van der Waals surface area contributed by atoms with E-state index in [0.29, 0.717) is 10.8 Å². The summed E-state index contributed by atoms with van der Waals surface area (Å²) >= 11 is 1.31. The summed E-state index contributed by atoms with van der Waals surface area (Å²) in [4.78, 5) is 14.6. The second-order valence-corrected chi connectivity index (χ2v) is 5.04. The first kappa shape index (κ1) is 13.3. The maximum absolute atomic E-state index is 11.0. The zero-order valence-corrected chi connectivity index (χ0v) is 11.4. The second-order valence-electron chi connectivity index (χ2n) is 4.15. The van der Waals surface area contributed by atoms with E-state index < -0.39 is 4.92 Å². The van der Waals surface area contributed by atoms with Crippen LogP contribution in [0.4, 0.5) is 10.8 Å². The molecule has 1 heterocycles. The number of aryl methyl sites for hydroxylation is 2. The number of nitro benzene ring substituents is 1. The molecule has 0 saturated carbocycles. The highest BCUT2D eigenvalue weighted by Gasteiger charge is 2.18. The molecular formula is C12H13N3O3S. The number of anilines is 1. The lowest BCUT2D eigenvalue weighted by molar-refractivity contribution is -0.386. The van der Waals surface area contributed by atoms with Crippen LogP contribution in [-0.4, -0.2) is 9.91 Å². The molecule has 2 N–H and O–H groups in total. The molecule has 19 heavy (non-hydrogen) atoms. The SMILES string of the molecule is Cc1cc(C)c(OCc2csc(N)n2)c([N+](=O)[O-])c1. The minimum atomic E-state index is -0.440. The topological polar surface area (TPSA) is 91.3 Å². The molecule has 1 aromatic carbocycles. The van der Waals surface area contributed by atoms with Crippen molar-refractivity contribution in [2.75, 3.05) is 5.73 Å². The van der Waals surface area contributed by atoms with Crippen molar-refractivity contribution in [3.05, 3.63) is 44.4 Å². The molecule has 0 radical (unpaired) electrons. The van der Waals surface area contributed by atoms with Gasteiger partial charge in [0, 0.05) is 11.4 Å². The van der Waals surface area contributed by atoms with Crippen molar-refractivity contribution in [3.63, 3.8) is 0 Å². The van der Waals surface area contributed by atoms with Gasteiger partial charge in [0.1, 0.15) is 6.61 Å². The van der Waals surface area contributed by atoms with Gasteiger partial charge in [-0.05, 0) is 25.0 Å². The molecule has 0 saturated heterocycles. The van der Waals surface area contributed by atoms with Gasteiger partial charge in [0.15, 0.2) is 10.9 Å². The molecule has 2 aromatic rings. The van der Waals surface area contributed by atoms with Gasteiger partial charge < -0.3 is 10.5 Å². The zero-order chi connectivity index (χ0) is 14.0. The Hall–Kier alpha value is -2.15. The minimum absolute atomic E-state index is 0.0271. The molecule has 0 aliphatic carbocycles. The first-order chi connectivity index (χ1) is 8.97. The van der Waals surface area contributed by atoms with Crippen molar-refractivity contribution < 1.29 is 9.66 Å². The van der Waals surface area contributed by atoms with Gasteiger partial charge in [-0.1, -0.05) is 6.07 Å². The fourth-order valence-corrected chi connectivity index (χ4v) is 2.34. The Morgan fingerprint density at radius 2 is 2.21 bits per heavy atom. The summed E-state index contributed by atoms with van der Waals surface area (Å²) in [5, 5.41) is 13.3. The van der Waals surface area contributed by atoms with Crippen molar-refractivity contribution in [1.82, 2.24) is 4.98 Å². The van der Waals surface area contributed by atoms with E-state index in [-0.39, 0.29) is 18.0 Å². The maximum atomic E-state index is 11.0. The summed E-state index contributed by atoms with van der Waals surface area (Å²) < 4.78 is 5.53. The van der Waals surface area contributed by atoms with Crippen molar-refractivity contribution in [3.8, 4) is 5.75 Å². The lowest BCUT2D eigenvalue weighted by Gasteiger charge is -2.09. The number of nitro groups is 1. The van der Waals surface area contributed by atoms with Crippen LogP contribution in [0, 0.1) is 24.0 Å². The highest BCUT2D eigenvalue weighted by atomic mass is 32.1. The van der Waals surface area contributed by atoms with E-state index in [1.165, 1.54) is 17.4 Å². The summed E-state index contributed by atoms with van der Waals surface area (Å²) in [6.07, 6.45) is 0. The average Bonchev–Trinajstić information content (AvgIpc) is 2.73. The van der Waals surface area contributed by atoms with Crippen molar-refractivity contribution >= 4 is 22.2 Å². The van der Waals surface area contributed by atoms with E-state index >= 15 is 0 Å². The molecule has 0 fully saturated rings. The number of aromatic nitrogens is 1. The van der Waals surface area contributed by atoms with Crippen LogP contribution < -0.4 is 10.5 Å². The van der Waals surface area contributed by atoms with E-state index in [0.717, 1.165) is 11.1 Å². The van der Waals surface area contributed by atoms with Crippen LogP contribution in [0.15, 0.2) is 17.5 Å². The van der Waals surface area contributed by atoms with Crippen LogP contribution in [-0.2, 0) is 6.61 Å². The van der Waals surface area contributed by atoms with Gasteiger partial charge in [0.05, 0.1) is 10.6 Å². The molecule has 0 aliphatic rings. The van der Waals surface area contributed by atoms with Gasteiger partial charge in [-0.15, -0.1) is 11.3 Å². The molecule has 1 aromatic heterocycles. The quantitative estimate of drug-likeness (QED) is 0.686. The van der Waals surface area contributed by atoms with Gasteiger partial charge in [0.25, 0.3) is 0 Å². The molecule has 100 valence electrons. The Morgan fingerprint density at radius 3 is 2.79 bits per heavy atom. The number of benzene rings is 1. The van der Waals surface area contributed by atoms with Crippen molar-refractivity contribution in [2.45, 2.75) is 20.5 Å². The average molecular weight is 279 g/mol. The standard InChI is InChI=1S/C12H13N3O3S/c1-7-3-8(2)11(10(4-7)15(16)17)18-5-9-6-19-12(13)14-9/h3-4,6H,5H2,1-2H3,(H2,13,14). The number of nitrogens with zero attached hydrogens (tertiary/aromatic N) is 2. The first-order valence-electron chi connectivity index (χ1n) is 5.55. The fourth-order valence-electron chi connectivity index (χ4n) is 1.79. The molecule has 6 nitrogen and oxygen atoms in total. The monoisotopic (exact) mass is 279 g/mol. The maximum Gasteiger partial charge on any atom is 0.311 e. The van der Waals surface area contributed by atoms with Crippen LogP contribution in [0.3, 0.4) is 0 Å². The molecule has 0 atom stereocenters. The number of hydrogen-bond donors (Lipinski definition) is 1. The van der Waals surface area contributed by atoms with Crippen LogP contribution in [0.1, 0.15) is 16.8 Å². The number of nitrogens with two attached hydrogens (primary N) is 1. The van der Waals surface area contributed by atoms with E-state index in [9.17, 15) is 10.1 Å². The first-order valence-corrected chi connectivity index (χ1v) is 6.43. The summed E-state index contributed by atoms with van der Waals surface area (Å²) in [6, 6.07) is 3.34. The molecule has 0 unspecified atom stereocenters. The van der Waals surface area contributed by atoms with Gasteiger partial charge in [0.2, 0.25) is 0 Å². The lowest BCUT2D eigenvalue weighted by Crippen LogP contribution is -2.02. The van der Waals surface area contributed by atoms with Crippen LogP contribution in [0.25, 0.3) is 0 Å². The number of hydrogen-bond acceptors (Lipinski definition) is 6. The van der Waals surface area contributed by atoms with Crippen LogP contribution >= 0.6 is 11.3 Å². The number of nitrogen functional groups attached to an aromatic ring is 1. The molecule has 0 bridgehead atoms. The van der Waals surface area contributed by atoms with Crippen LogP contribution in [0.5, 0.6) is 5.75 Å². The molecule has 0 amide bonds. The van der Waals surface area contributed by atoms with E-state index in [4.69, 9.17) is 10.5 Å². The molecule has 0 aliphatic heterocycles. The number of thiazole rings is 1. The third kappa shape index (κ3) is 3.00. The number of rotatable bonds is 4. The second kappa shape index (κ2) is 5.23. The minimum Gasteiger partial charge on any atom is -0.480 e. The van der Waals surface area contributed by atoms with Crippen molar-refractivity contribution in [2.24, 2.45) is 0 Å². The Kier molecular flexibility index (Phi) is 3.66.